The highest BCUT2D eigenvalue weighted by atomic mass is 35.5. The third kappa shape index (κ3) is 2.80. The number of hydrogen-bond acceptors (Lipinski definition) is 1. The van der Waals surface area contributed by atoms with Crippen molar-refractivity contribution in [2.45, 2.75) is 20.8 Å². The fraction of sp³-hybridized carbons (Fsp3) is 0.188. The van der Waals surface area contributed by atoms with Gasteiger partial charge in [0.1, 0.15) is 5.17 Å². The summed E-state index contributed by atoms with van der Waals surface area (Å²) in [6.45, 7) is 6.20. The minimum atomic E-state index is 0.531. The normalized spacial score (nSPS) is 11.7. The van der Waals surface area contributed by atoms with Crippen molar-refractivity contribution in [3.8, 4) is 0 Å². The first-order valence-corrected chi connectivity index (χ1v) is 6.33. The van der Waals surface area contributed by atoms with Crippen molar-refractivity contribution in [1.82, 2.24) is 0 Å². The van der Waals surface area contributed by atoms with Crippen LogP contribution in [0.15, 0.2) is 47.5 Å². The second-order valence-corrected chi connectivity index (χ2v) is 4.85. The van der Waals surface area contributed by atoms with Crippen LogP contribution >= 0.6 is 11.6 Å². The molecule has 0 aliphatic rings. The van der Waals surface area contributed by atoms with Gasteiger partial charge in [-0.1, -0.05) is 53.6 Å². The maximum Gasteiger partial charge on any atom is 0.136 e. The fourth-order valence-electron chi connectivity index (χ4n) is 1.72. The van der Waals surface area contributed by atoms with Gasteiger partial charge in [0.25, 0.3) is 0 Å². The van der Waals surface area contributed by atoms with Gasteiger partial charge in [0.2, 0.25) is 0 Å². The minimum Gasteiger partial charge on any atom is -0.236 e. The Kier molecular flexibility index (Phi) is 3.83. The van der Waals surface area contributed by atoms with Gasteiger partial charge < -0.3 is 0 Å². The van der Waals surface area contributed by atoms with E-state index in [1.54, 1.807) is 0 Å². The molecule has 0 heterocycles. The van der Waals surface area contributed by atoms with Crippen molar-refractivity contribution < 1.29 is 0 Å². The highest BCUT2D eigenvalue weighted by molar-refractivity contribution is 6.69. The number of halogens is 1. The maximum absolute atomic E-state index is 6.27. The molecule has 0 unspecified atom stereocenters. The quantitative estimate of drug-likeness (QED) is 0.677. The van der Waals surface area contributed by atoms with E-state index < -0.39 is 0 Å². The zero-order valence-electron chi connectivity index (χ0n) is 10.9. The smallest absolute Gasteiger partial charge is 0.136 e. The average molecular weight is 258 g/mol. The second kappa shape index (κ2) is 5.36. The molecule has 0 saturated heterocycles. The topological polar surface area (TPSA) is 12.4 Å². The van der Waals surface area contributed by atoms with E-state index in [4.69, 9.17) is 11.6 Å². The first-order valence-electron chi connectivity index (χ1n) is 5.95. The van der Waals surface area contributed by atoms with Crippen molar-refractivity contribution in [3.05, 3.63) is 64.7 Å². The van der Waals surface area contributed by atoms with Crippen molar-refractivity contribution in [2.75, 3.05) is 0 Å². The van der Waals surface area contributed by atoms with E-state index in [1.807, 2.05) is 36.4 Å². The number of benzene rings is 2. The van der Waals surface area contributed by atoms with Crippen LogP contribution in [0.4, 0.5) is 5.69 Å². The third-order valence-electron chi connectivity index (χ3n) is 3.08. The molecule has 0 fully saturated rings. The first kappa shape index (κ1) is 12.8. The van der Waals surface area contributed by atoms with Crippen molar-refractivity contribution in [3.63, 3.8) is 0 Å². The van der Waals surface area contributed by atoms with E-state index in [1.165, 1.54) is 16.7 Å². The molecule has 2 aromatic rings. The number of rotatable bonds is 2. The monoisotopic (exact) mass is 257 g/mol. The van der Waals surface area contributed by atoms with Crippen LogP contribution in [-0.4, -0.2) is 5.17 Å². The van der Waals surface area contributed by atoms with Gasteiger partial charge in [0, 0.05) is 5.56 Å². The summed E-state index contributed by atoms with van der Waals surface area (Å²) in [5.41, 5.74) is 5.49. The molecule has 2 rings (SSSR count). The van der Waals surface area contributed by atoms with Crippen LogP contribution in [0.2, 0.25) is 0 Å². The molecule has 0 spiro atoms. The fourth-order valence-corrected chi connectivity index (χ4v) is 1.94. The Morgan fingerprint density at radius 3 is 2.28 bits per heavy atom. The third-order valence-corrected chi connectivity index (χ3v) is 3.39. The molecule has 0 radical (unpaired) electrons. The summed E-state index contributed by atoms with van der Waals surface area (Å²) < 4.78 is 0. The van der Waals surface area contributed by atoms with E-state index in [2.05, 4.69) is 31.8 Å². The lowest BCUT2D eigenvalue weighted by atomic mass is 10.1. The predicted octanol–water partition coefficient (Wildman–Crippen LogP) is 4.93. The number of nitrogens with zero attached hydrogens (tertiary/aromatic N) is 1. The molecule has 92 valence electrons. The van der Waals surface area contributed by atoms with Crippen molar-refractivity contribution in [1.29, 1.82) is 0 Å². The summed E-state index contributed by atoms with van der Waals surface area (Å²) in [5.74, 6) is 0. The SMILES string of the molecule is Cc1ccc(C(Cl)=Nc2cccc(C)c2C)cc1. The van der Waals surface area contributed by atoms with Crippen molar-refractivity contribution in [2.24, 2.45) is 4.99 Å². The van der Waals surface area contributed by atoms with Gasteiger partial charge in [-0.05, 0) is 38.0 Å². The lowest BCUT2D eigenvalue weighted by Crippen LogP contribution is -1.91. The Morgan fingerprint density at radius 2 is 1.61 bits per heavy atom. The molecule has 0 N–H and O–H groups in total. The van der Waals surface area contributed by atoms with Crippen LogP contribution in [-0.2, 0) is 0 Å². The number of hydrogen-bond donors (Lipinski definition) is 0. The highest BCUT2D eigenvalue weighted by Gasteiger charge is 2.03. The van der Waals surface area contributed by atoms with E-state index in [-0.39, 0.29) is 0 Å². The molecule has 0 saturated carbocycles. The molecular weight excluding hydrogens is 242 g/mol. The van der Waals surface area contributed by atoms with E-state index in [0.717, 1.165) is 11.3 Å². The Labute approximate surface area is 113 Å². The van der Waals surface area contributed by atoms with E-state index in [9.17, 15) is 0 Å². The molecule has 0 aliphatic heterocycles. The van der Waals surface area contributed by atoms with Crippen molar-refractivity contribution >= 4 is 22.5 Å². The molecule has 2 heteroatoms. The summed E-state index contributed by atoms with van der Waals surface area (Å²) >= 11 is 6.27. The zero-order chi connectivity index (χ0) is 13.1. The van der Waals surface area contributed by atoms with Crippen LogP contribution in [0.5, 0.6) is 0 Å². The molecule has 0 bridgehead atoms. The molecule has 1 nitrogen and oxygen atoms in total. The van der Waals surface area contributed by atoms with E-state index in [0.29, 0.717) is 5.17 Å². The Hall–Kier alpha value is -1.60. The lowest BCUT2D eigenvalue weighted by Gasteiger charge is -2.05. The van der Waals surface area contributed by atoms with Crippen LogP contribution in [0.25, 0.3) is 0 Å². The Balaban J connectivity index is 2.38. The zero-order valence-corrected chi connectivity index (χ0v) is 11.6. The molecule has 0 aromatic heterocycles. The maximum atomic E-state index is 6.27. The van der Waals surface area contributed by atoms with Gasteiger partial charge in [0.05, 0.1) is 5.69 Å². The molecular formula is C16H16ClN. The molecule has 0 amide bonds. The van der Waals surface area contributed by atoms with Crippen LogP contribution in [0.3, 0.4) is 0 Å². The minimum absolute atomic E-state index is 0.531. The van der Waals surface area contributed by atoms with Crippen LogP contribution < -0.4 is 0 Å². The Morgan fingerprint density at radius 1 is 0.944 bits per heavy atom. The highest BCUT2D eigenvalue weighted by Crippen LogP contribution is 2.23. The second-order valence-electron chi connectivity index (χ2n) is 4.49. The number of aliphatic imine (C=N–C) groups is 1. The van der Waals surface area contributed by atoms with Gasteiger partial charge in [-0.25, -0.2) is 4.99 Å². The predicted molar refractivity (Wildman–Crippen MR) is 79.1 cm³/mol. The summed E-state index contributed by atoms with van der Waals surface area (Å²) in [5, 5.41) is 0.531. The molecule has 18 heavy (non-hydrogen) atoms. The summed E-state index contributed by atoms with van der Waals surface area (Å²) in [6.07, 6.45) is 0. The van der Waals surface area contributed by atoms with Gasteiger partial charge in [0.15, 0.2) is 0 Å². The van der Waals surface area contributed by atoms with E-state index >= 15 is 0 Å². The van der Waals surface area contributed by atoms with Gasteiger partial charge in [-0.2, -0.15) is 0 Å². The largest absolute Gasteiger partial charge is 0.236 e. The molecule has 0 atom stereocenters. The average Bonchev–Trinajstić information content (AvgIpc) is 2.36. The first-order chi connectivity index (χ1) is 8.58. The van der Waals surface area contributed by atoms with Gasteiger partial charge in [-0.15, -0.1) is 0 Å². The van der Waals surface area contributed by atoms with Crippen LogP contribution in [0, 0.1) is 20.8 Å². The molecule has 2 aromatic carbocycles. The summed E-state index contributed by atoms with van der Waals surface area (Å²) in [6, 6.07) is 14.1. The number of aryl methyl sites for hydroxylation is 2. The van der Waals surface area contributed by atoms with Crippen LogP contribution in [0.1, 0.15) is 22.3 Å². The summed E-state index contributed by atoms with van der Waals surface area (Å²) in [7, 11) is 0. The standard InChI is InChI=1S/C16H16ClN/c1-11-7-9-14(10-8-11)16(17)18-15-6-4-5-12(2)13(15)3/h4-10H,1-3H3. The Bertz CT molecular complexity index is 583. The van der Waals surface area contributed by atoms with Gasteiger partial charge >= 0.3 is 0 Å². The van der Waals surface area contributed by atoms with Gasteiger partial charge in [-0.3, -0.25) is 0 Å². The lowest BCUT2D eigenvalue weighted by molar-refractivity contribution is 1.31. The summed E-state index contributed by atoms with van der Waals surface area (Å²) in [4.78, 5) is 4.50. The molecule has 0 aliphatic carbocycles.